The second-order valence-electron chi connectivity index (χ2n) is 9.56. The summed E-state index contributed by atoms with van der Waals surface area (Å²) in [7, 11) is 2.63. The van der Waals surface area contributed by atoms with Crippen LogP contribution in [0.1, 0.15) is 59.2 Å². The van der Waals surface area contributed by atoms with Crippen LogP contribution in [0, 0.1) is 17.7 Å². The lowest BCUT2D eigenvalue weighted by molar-refractivity contribution is -0.0447. The lowest BCUT2D eigenvalue weighted by atomic mass is 9.49. The molecule has 0 aromatic heterocycles. The first-order valence-corrected chi connectivity index (χ1v) is 11.2. The van der Waals surface area contributed by atoms with Crippen molar-refractivity contribution in [3.63, 3.8) is 0 Å². The molecule has 4 saturated carbocycles. The van der Waals surface area contributed by atoms with Crippen molar-refractivity contribution < 1.29 is 14.0 Å². The van der Waals surface area contributed by atoms with E-state index in [0.29, 0.717) is 23.0 Å². The Morgan fingerprint density at radius 2 is 1.23 bits per heavy atom. The van der Waals surface area contributed by atoms with Gasteiger partial charge in [-0.3, -0.25) is 9.59 Å². The molecular formula is C24H26FN2O2P. The second-order valence-corrected chi connectivity index (χ2v) is 10.2. The molecule has 6 heteroatoms. The van der Waals surface area contributed by atoms with Crippen LogP contribution < -0.4 is 15.9 Å². The van der Waals surface area contributed by atoms with Gasteiger partial charge in [-0.25, -0.2) is 4.39 Å². The van der Waals surface area contributed by atoms with Crippen LogP contribution in [0.15, 0.2) is 48.5 Å². The number of hydrogen-bond acceptors (Lipinski definition) is 2. The van der Waals surface area contributed by atoms with Gasteiger partial charge >= 0.3 is 0 Å². The summed E-state index contributed by atoms with van der Waals surface area (Å²) in [6, 6.07) is 13.2. The third-order valence-electron chi connectivity index (χ3n) is 7.10. The first-order valence-electron chi connectivity index (χ1n) is 10.6. The highest BCUT2D eigenvalue weighted by molar-refractivity contribution is 7.27. The van der Waals surface area contributed by atoms with Crippen molar-refractivity contribution in [2.75, 3.05) is 0 Å². The van der Waals surface area contributed by atoms with Crippen LogP contribution in [0.5, 0.6) is 0 Å². The topological polar surface area (TPSA) is 58.2 Å². The second kappa shape index (κ2) is 7.16. The van der Waals surface area contributed by atoms with E-state index in [1.54, 1.807) is 0 Å². The van der Waals surface area contributed by atoms with Gasteiger partial charge < -0.3 is 10.6 Å². The van der Waals surface area contributed by atoms with Crippen LogP contribution in [0.4, 0.5) is 4.39 Å². The number of nitrogens with one attached hydrogen (secondary N) is 2. The van der Waals surface area contributed by atoms with E-state index < -0.39 is 0 Å². The molecule has 3 unspecified atom stereocenters. The number of halogens is 1. The normalized spacial score (nSPS) is 31.4. The number of rotatable bonds is 4. The van der Waals surface area contributed by atoms with E-state index in [-0.39, 0.29) is 28.7 Å². The summed E-state index contributed by atoms with van der Waals surface area (Å²) in [5, 5.41) is 7.69. The Labute approximate surface area is 178 Å². The highest BCUT2D eigenvalue weighted by atomic mass is 31.0. The van der Waals surface area contributed by atoms with Gasteiger partial charge in [0.25, 0.3) is 11.8 Å². The molecule has 0 aliphatic heterocycles. The number of benzene rings is 2. The molecule has 4 bridgehead atoms. The highest BCUT2D eigenvalue weighted by Gasteiger charge is 2.58. The summed E-state index contributed by atoms with van der Waals surface area (Å²) in [6.07, 6.45) is 5.79. The van der Waals surface area contributed by atoms with Crippen molar-refractivity contribution in [1.29, 1.82) is 0 Å². The Morgan fingerprint density at radius 3 is 1.70 bits per heavy atom. The van der Waals surface area contributed by atoms with Crippen LogP contribution in [0.2, 0.25) is 0 Å². The average molecular weight is 424 g/mol. The summed E-state index contributed by atoms with van der Waals surface area (Å²) in [4.78, 5) is 25.9. The molecule has 0 heterocycles. The van der Waals surface area contributed by atoms with E-state index in [1.165, 1.54) is 30.7 Å². The Bertz CT molecular complexity index is 898. The molecule has 0 radical (unpaired) electrons. The van der Waals surface area contributed by atoms with Gasteiger partial charge in [0.1, 0.15) is 5.82 Å². The summed E-state index contributed by atoms with van der Waals surface area (Å²) in [5.41, 5.74) is 0.577. The fourth-order valence-corrected chi connectivity index (χ4v) is 6.61. The lowest BCUT2D eigenvalue weighted by Crippen LogP contribution is -2.69. The molecule has 156 valence electrons. The van der Waals surface area contributed by atoms with Gasteiger partial charge in [0.15, 0.2) is 0 Å². The summed E-state index contributed by atoms with van der Waals surface area (Å²) in [5.74, 6) is 0.470. The minimum atomic E-state index is -0.349. The maximum absolute atomic E-state index is 13.2. The van der Waals surface area contributed by atoms with Crippen molar-refractivity contribution in [1.82, 2.24) is 10.6 Å². The van der Waals surface area contributed by atoms with E-state index in [4.69, 9.17) is 0 Å². The van der Waals surface area contributed by atoms with Crippen LogP contribution in [-0.4, -0.2) is 22.9 Å². The van der Waals surface area contributed by atoms with Gasteiger partial charge in [0.2, 0.25) is 0 Å². The molecule has 6 rings (SSSR count). The molecule has 4 aliphatic carbocycles. The standard InChI is InChI=1S/C24H26FN2O2P/c25-19-5-1-17(2-6-19)21(28)26-23-10-15-9-16(11-23)13-24(12-15,14-23)27-22(29)18-3-7-20(30)8-4-18/h1-8,15-16H,9-14,30H2,(H,26,28)(H,27,29). The molecule has 3 atom stereocenters. The monoisotopic (exact) mass is 424 g/mol. The minimum absolute atomic E-state index is 0.0399. The summed E-state index contributed by atoms with van der Waals surface area (Å²) >= 11 is 0. The Kier molecular flexibility index (Phi) is 4.70. The molecule has 2 aromatic carbocycles. The molecular weight excluding hydrogens is 398 g/mol. The van der Waals surface area contributed by atoms with Gasteiger partial charge in [-0.15, -0.1) is 9.24 Å². The zero-order chi connectivity index (χ0) is 20.9. The van der Waals surface area contributed by atoms with Gasteiger partial charge in [-0.2, -0.15) is 0 Å². The zero-order valence-corrected chi connectivity index (χ0v) is 17.9. The van der Waals surface area contributed by atoms with Crippen molar-refractivity contribution in [3.8, 4) is 0 Å². The molecule has 2 aromatic rings. The van der Waals surface area contributed by atoms with Crippen molar-refractivity contribution in [2.45, 2.75) is 49.6 Å². The SMILES string of the molecule is O=C(NC12CC3CC(C1)CC(NC(=O)c1ccc(P)cc1)(C3)C2)c1ccc(F)cc1. The third-order valence-corrected chi connectivity index (χ3v) is 7.48. The number of amides is 2. The molecule has 2 N–H and O–H groups in total. The minimum Gasteiger partial charge on any atom is -0.346 e. The predicted molar refractivity (Wildman–Crippen MR) is 117 cm³/mol. The first kappa shape index (κ1) is 19.7. The molecule has 30 heavy (non-hydrogen) atoms. The van der Waals surface area contributed by atoms with Gasteiger partial charge in [-0.1, -0.05) is 12.1 Å². The fraction of sp³-hybridized carbons (Fsp3) is 0.417. The van der Waals surface area contributed by atoms with E-state index in [9.17, 15) is 14.0 Å². The van der Waals surface area contributed by atoms with Crippen molar-refractivity contribution >= 4 is 26.4 Å². The summed E-state index contributed by atoms with van der Waals surface area (Å²) in [6.45, 7) is 0. The van der Waals surface area contributed by atoms with Crippen LogP contribution in [-0.2, 0) is 0 Å². The maximum Gasteiger partial charge on any atom is 0.251 e. The summed E-state index contributed by atoms with van der Waals surface area (Å²) < 4.78 is 13.2. The molecule has 4 fully saturated rings. The first-order chi connectivity index (χ1) is 14.3. The average Bonchev–Trinajstić information content (AvgIpc) is 2.67. The molecule has 0 saturated heterocycles. The fourth-order valence-electron chi connectivity index (χ4n) is 6.42. The number of carbonyl (C=O) groups is 2. The van der Waals surface area contributed by atoms with E-state index >= 15 is 0 Å². The highest BCUT2D eigenvalue weighted by Crippen LogP contribution is 2.57. The van der Waals surface area contributed by atoms with Crippen molar-refractivity contribution in [3.05, 3.63) is 65.5 Å². The molecule has 2 amide bonds. The Morgan fingerprint density at radius 1 is 0.800 bits per heavy atom. The van der Waals surface area contributed by atoms with Crippen LogP contribution in [0.3, 0.4) is 0 Å². The number of hydrogen-bond donors (Lipinski definition) is 2. The van der Waals surface area contributed by atoms with Crippen molar-refractivity contribution in [2.24, 2.45) is 11.8 Å². The van der Waals surface area contributed by atoms with E-state index in [1.807, 2.05) is 24.3 Å². The van der Waals surface area contributed by atoms with Gasteiger partial charge in [0.05, 0.1) is 0 Å². The number of carbonyl (C=O) groups excluding carboxylic acids is 2. The molecule has 4 aliphatic rings. The quantitative estimate of drug-likeness (QED) is 0.738. The largest absolute Gasteiger partial charge is 0.346 e. The van der Waals surface area contributed by atoms with Crippen LogP contribution >= 0.6 is 9.24 Å². The van der Waals surface area contributed by atoms with Gasteiger partial charge in [-0.05, 0) is 92.1 Å². The van der Waals surface area contributed by atoms with Gasteiger partial charge in [0, 0.05) is 22.2 Å². The molecule has 0 spiro atoms. The van der Waals surface area contributed by atoms with E-state index in [0.717, 1.165) is 37.4 Å². The zero-order valence-electron chi connectivity index (χ0n) is 16.8. The van der Waals surface area contributed by atoms with E-state index in [2.05, 4.69) is 19.9 Å². The molecule has 4 nitrogen and oxygen atoms in total. The van der Waals surface area contributed by atoms with Crippen LogP contribution in [0.25, 0.3) is 0 Å². The lowest BCUT2D eigenvalue weighted by Gasteiger charge is -2.62. The Hall–Kier alpha value is -2.26. The smallest absolute Gasteiger partial charge is 0.251 e. The predicted octanol–water partition coefficient (Wildman–Crippen LogP) is 3.58. The maximum atomic E-state index is 13.2. The third kappa shape index (κ3) is 3.65. The Balaban J connectivity index is 1.36.